The van der Waals surface area contributed by atoms with Gasteiger partial charge in [0.1, 0.15) is 0 Å². The Hall–Kier alpha value is -1.38. The summed E-state index contributed by atoms with van der Waals surface area (Å²) in [4.78, 5) is 26.5. The van der Waals surface area contributed by atoms with Gasteiger partial charge in [-0.15, -0.1) is 0 Å². The van der Waals surface area contributed by atoms with Crippen LogP contribution < -0.4 is 0 Å². The first-order chi connectivity index (χ1) is 9.36. The molecule has 3 nitrogen and oxygen atoms in total. The second-order valence-electron chi connectivity index (χ2n) is 6.52. The largest absolute Gasteiger partial charge is 0.282 e. The first-order valence-electron chi connectivity index (χ1n) is 7.52. The van der Waals surface area contributed by atoms with Crippen LogP contribution in [0.3, 0.4) is 0 Å². The zero-order valence-electron chi connectivity index (χ0n) is 13.1. The maximum absolute atomic E-state index is 12.5. The van der Waals surface area contributed by atoms with Gasteiger partial charge in [-0.05, 0) is 52.9 Å². The van der Waals surface area contributed by atoms with Gasteiger partial charge in [-0.2, -0.15) is 0 Å². The molecule has 1 saturated carbocycles. The first-order valence-corrected chi connectivity index (χ1v) is 7.52. The van der Waals surface area contributed by atoms with Gasteiger partial charge in [0.2, 0.25) is 11.8 Å². The van der Waals surface area contributed by atoms with Crippen molar-refractivity contribution in [3.8, 4) is 0 Å². The minimum atomic E-state index is -0.141. The van der Waals surface area contributed by atoms with Crippen LogP contribution in [0.25, 0.3) is 0 Å². The lowest BCUT2D eigenvalue weighted by Crippen LogP contribution is -2.33. The van der Waals surface area contributed by atoms with E-state index in [0.29, 0.717) is 6.54 Å². The molecule has 0 aromatic carbocycles. The Morgan fingerprint density at radius 3 is 1.70 bits per heavy atom. The van der Waals surface area contributed by atoms with Gasteiger partial charge in [0, 0.05) is 6.54 Å². The second-order valence-corrected chi connectivity index (χ2v) is 6.52. The SMILES string of the molecule is CCN1C(=O)C2C(C=C(C)C)CC(C=C(C)C)C2C1=O. The van der Waals surface area contributed by atoms with Gasteiger partial charge in [0.05, 0.1) is 11.8 Å². The summed E-state index contributed by atoms with van der Waals surface area (Å²) >= 11 is 0. The topological polar surface area (TPSA) is 37.4 Å². The zero-order valence-corrected chi connectivity index (χ0v) is 13.1. The molecule has 4 atom stereocenters. The van der Waals surface area contributed by atoms with Crippen molar-refractivity contribution in [1.82, 2.24) is 4.90 Å². The Kier molecular flexibility index (Phi) is 4.17. The van der Waals surface area contributed by atoms with Gasteiger partial charge < -0.3 is 0 Å². The van der Waals surface area contributed by atoms with Crippen molar-refractivity contribution in [2.45, 2.75) is 41.0 Å². The molecular weight excluding hydrogens is 250 g/mol. The van der Waals surface area contributed by atoms with E-state index in [9.17, 15) is 9.59 Å². The fraction of sp³-hybridized carbons (Fsp3) is 0.647. The van der Waals surface area contributed by atoms with Crippen molar-refractivity contribution in [3.63, 3.8) is 0 Å². The minimum absolute atomic E-state index is 0.0367. The van der Waals surface area contributed by atoms with E-state index in [1.54, 1.807) is 0 Å². The smallest absolute Gasteiger partial charge is 0.233 e. The summed E-state index contributed by atoms with van der Waals surface area (Å²) in [7, 11) is 0. The number of hydrogen-bond acceptors (Lipinski definition) is 2. The van der Waals surface area contributed by atoms with Gasteiger partial charge in [-0.3, -0.25) is 14.5 Å². The molecule has 2 aliphatic rings. The maximum atomic E-state index is 12.5. The molecule has 1 heterocycles. The summed E-state index contributed by atoms with van der Waals surface area (Å²) < 4.78 is 0. The highest BCUT2D eigenvalue weighted by Gasteiger charge is 2.56. The Morgan fingerprint density at radius 1 is 1.00 bits per heavy atom. The molecule has 1 aliphatic heterocycles. The summed E-state index contributed by atoms with van der Waals surface area (Å²) in [5.41, 5.74) is 2.45. The lowest BCUT2D eigenvalue weighted by Gasteiger charge is -2.17. The van der Waals surface area contributed by atoms with Crippen molar-refractivity contribution >= 4 is 11.8 Å². The second kappa shape index (κ2) is 5.55. The van der Waals surface area contributed by atoms with E-state index in [1.807, 2.05) is 6.92 Å². The predicted octanol–water partition coefficient (Wildman–Crippen LogP) is 3.18. The van der Waals surface area contributed by atoms with Crippen molar-refractivity contribution in [1.29, 1.82) is 0 Å². The number of carbonyl (C=O) groups is 2. The fourth-order valence-corrected chi connectivity index (χ4v) is 3.79. The Bertz CT molecular complexity index is 439. The van der Waals surface area contributed by atoms with Gasteiger partial charge in [0.25, 0.3) is 0 Å². The van der Waals surface area contributed by atoms with Crippen molar-refractivity contribution in [3.05, 3.63) is 23.3 Å². The van der Waals surface area contributed by atoms with Crippen LogP contribution in [0.1, 0.15) is 41.0 Å². The molecule has 2 fully saturated rings. The number of carbonyl (C=O) groups excluding carboxylic acids is 2. The van der Waals surface area contributed by atoms with E-state index in [2.05, 4.69) is 39.8 Å². The molecule has 3 heteroatoms. The normalized spacial score (nSPS) is 32.4. The van der Waals surface area contributed by atoms with Gasteiger partial charge >= 0.3 is 0 Å². The molecule has 20 heavy (non-hydrogen) atoms. The number of fused-ring (bicyclic) bond motifs is 1. The van der Waals surface area contributed by atoms with E-state index in [-0.39, 0.29) is 35.5 Å². The molecule has 0 radical (unpaired) electrons. The lowest BCUT2D eigenvalue weighted by atomic mass is 9.88. The Labute approximate surface area is 121 Å². The monoisotopic (exact) mass is 275 g/mol. The van der Waals surface area contributed by atoms with E-state index in [1.165, 1.54) is 16.0 Å². The molecule has 0 N–H and O–H groups in total. The van der Waals surface area contributed by atoms with Crippen molar-refractivity contribution < 1.29 is 9.59 Å². The number of nitrogens with zero attached hydrogens (tertiary/aromatic N) is 1. The highest BCUT2D eigenvalue weighted by molar-refractivity contribution is 6.06. The van der Waals surface area contributed by atoms with E-state index >= 15 is 0 Å². The molecule has 1 aliphatic carbocycles. The van der Waals surface area contributed by atoms with Crippen LogP contribution in [0.15, 0.2) is 23.3 Å². The average Bonchev–Trinajstić information content (AvgIpc) is 2.77. The fourth-order valence-electron chi connectivity index (χ4n) is 3.79. The number of imide groups is 1. The Balaban J connectivity index is 2.39. The summed E-state index contributed by atoms with van der Waals surface area (Å²) in [6.07, 6.45) is 5.28. The summed E-state index contributed by atoms with van der Waals surface area (Å²) in [5.74, 6) is 0.206. The number of amides is 2. The molecule has 0 spiro atoms. The molecule has 110 valence electrons. The standard InChI is InChI=1S/C17H25NO2/c1-6-18-16(19)14-12(7-10(2)3)9-13(8-11(4)5)15(14)17(18)20/h7-8,12-15H,6,9H2,1-5H3. The number of allylic oxidation sites excluding steroid dienone is 4. The van der Waals surface area contributed by atoms with E-state index < -0.39 is 0 Å². The van der Waals surface area contributed by atoms with Crippen LogP contribution in [0.2, 0.25) is 0 Å². The molecule has 4 unspecified atom stereocenters. The molecule has 0 bridgehead atoms. The third-order valence-electron chi connectivity index (χ3n) is 4.37. The van der Waals surface area contributed by atoms with Crippen LogP contribution in [-0.4, -0.2) is 23.3 Å². The first kappa shape index (κ1) is 15.0. The van der Waals surface area contributed by atoms with Gasteiger partial charge in [-0.25, -0.2) is 0 Å². The molecule has 1 saturated heterocycles. The molecule has 2 amide bonds. The summed E-state index contributed by atoms with van der Waals surface area (Å²) in [6.45, 7) is 10.6. The van der Waals surface area contributed by atoms with Crippen LogP contribution >= 0.6 is 0 Å². The quantitative estimate of drug-likeness (QED) is 0.586. The van der Waals surface area contributed by atoms with Gasteiger partial charge in [0.15, 0.2) is 0 Å². The molecule has 0 aromatic rings. The Morgan fingerprint density at radius 2 is 1.40 bits per heavy atom. The predicted molar refractivity (Wildman–Crippen MR) is 79.8 cm³/mol. The maximum Gasteiger partial charge on any atom is 0.233 e. The average molecular weight is 275 g/mol. The third kappa shape index (κ3) is 2.46. The van der Waals surface area contributed by atoms with Crippen LogP contribution in [0, 0.1) is 23.7 Å². The van der Waals surface area contributed by atoms with E-state index in [0.717, 1.165) is 6.42 Å². The lowest BCUT2D eigenvalue weighted by molar-refractivity contribution is -0.140. The third-order valence-corrected chi connectivity index (χ3v) is 4.37. The summed E-state index contributed by atoms with van der Waals surface area (Å²) in [5, 5.41) is 0. The number of likely N-dealkylation sites (tertiary alicyclic amines) is 1. The van der Waals surface area contributed by atoms with Gasteiger partial charge in [-0.1, -0.05) is 23.3 Å². The molecule has 2 rings (SSSR count). The highest BCUT2D eigenvalue weighted by atomic mass is 16.2. The summed E-state index contributed by atoms with van der Waals surface area (Å²) in [6, 6.07) is 0. The minimum Gasteiger partial charge on any atom is -0.282 e. The van der Waals surface area contributed by atoms with Crippen LogP contribution in [-0.2, 0) is 9.59 Å². The van der Waals surface area contributed by atoms with Crippen molar-refractivity contribution in [2.75, 3.05) is 6.54 Å². The molecule has 0 aromatic heterocycles. The van der Waals surface area contributed by atoms with Crippen molar-refractivity contribution in [2.24, 2.45) is 23.7 Å². The number of rotatable bonds is 3. The highest BCUT2D eigenvalue weighted by Crippen LogP contribution is 2.49. The zero-order chi connectivity index (χ0) is 15.0. The number of hydrogen-bond donors (Lipinski definition) is 0. The van der Waals surface area contributed by atoms with Crippen LogP contribution in [0.4, 0.5) is 0 Å². The van der Waals surface area contributed by atoms with Crippen LogP contribution in [0.5, 0.6) is 0 Å². The van der Waals surface area contributed by atoms with E-state index in [4.69, 9.17) is 0 Å². The molecular formula is C17H25NO2.